The van der Waals surface area contributed by atoms with E-state index >= 15 is 0 Å². The number of thiazole rings is 1. The van der Waals surface area contributed by atoms with Crippen LogP contribution in [0, 0.1) is 0 Å². The molecule has 0 spiro atoms. The summed E-state index contributed by atoms with van der Waals surface area (Å²) in [5.41, 5.74) is 2.84. The van der Waals surface area contributed by atoms with E-state index in [1.807, 2.05) is 5.38 Å². The van der Waals surface area contributed by atoms with E-state index in [4.69, 9.17) is 11.6 Å². The largest absolute Gasteiger partial charge is 0.352 e. The molecule has 1 aliphatic rings. The first kappa shape index (κ1) is 17.8. The van der Waals surface area contributed by atoms with Crippen LogP contribution in [-0.4, -0.2) is 37.5 Å². The van der Waals surface area contributed by atoms with E-state index in [2.05, 4.69) is 10.3 Å². The molecular formula is C15H14ClN3O4S2. The van der Waals surface area contributed by atoms with E-state index in [1.54, 1.807) is 5.51 Å². The molecule has 2 aromatic rings. The van der Waals surface area contributed by atoms with Gasteiger partial charge in [0, 0.05) is 30.3 Å². The van der Waals surface area contributed by atoms with Crippen molar-refractivity contribution < 1.29 is 18.0 Å². The molecule has 0 bridgehead atoms. The van der Waals surface area contributed by atoms with Crippen LogP contribution in [0.3, 0.4) is 0 Å². The summed E-state index contributed by atoms with van der Waals surface area (Å²) in [5.74, 6) is -1.19. The van der Waals surface area contributed by atoms with Gasteiger partial charge in [0.15, 0.2) is 0 Å². The van der Waals surface area contributed by atoms with Crippen molar-refractivity contribution in [2.45, 2.75) is 12.8 Å². The summed E-state index contributed by atoms with van der Waals surface area (Å²) in [6.45, 7) is 0.390. The van der Waals surface area contributed by atoms with E-state index < -0.39 is 15.9 Å². The Morgan fingerprint density at radius 3 is 2.84 bits per heavy atom. The number of benzene rings is 1. The lowest BCUT2D eigenvalue weighted by Crippen LogP contribution is -2.30. The van der Waals surface area contributed by atoms with Crippen molar-refractivity contribution in [1.29, 1.82) is 0 Å². The monoisotopic (exact) mass is 399 g/mol. The van der Waals surface area contributed by atoms with Gasteiger partial charge in [0.1, 0.15) is 0 Å². The van der Waals surface area contributed by atoms with Crippen LogP contribution in [0.5, 0.6) is 0 Å². The van der Waals surface area contributed by atoms with Crippen LogP contribution in [0.4, 0.5) is 5.69 Å². The smallest absolute Gasteiger partial charge is 0.251 e. The van der Waals surface area contributed by atoms with Crippen LogP contribution in [-0.2, 0) is 21.2 Å². The number of anilines is 1. The van der Waals surface area contributed by atoms with E-state index in [0.29, 0.717) is 17.3 Å². The van der Waals surface area contributed by atoms with Crippen LogP contribution in [0.2, 0.25) is 5.02 Å². The molecule has 2 amide bonds. The maximum atomic E-state index is 12.3. The highest BCUT2D eigenvalue weighted by Gasteiger charge is 2.37. The van der Waals surface area contributed by atoms with Crippen molar-refractivity contribution in [3.63, 3.8) is 0 Å². The minimum absolute atomic E-state index is 0.0105. The van der Waals surface area contributed by atoms with Gasteiger partial charge in [-0.25, -0.2) is 17.7 Å². The minimum Gasteiger partial charge on any atom is -0.352 e. The number of hydrogen-bond donors (Lipinski definition) is 1. The number of carbonyl (C=O) groups is 2. The van der Waals surface area contributed by atoms with Gasteiger partial charge in [0.2, 0.25) is 15.9 Å². The second-order valence-corrected chi connectivity index (χ2v) is 8.44. The highest BCUT2D eigenvalue weighted by Crippen LogP contribution is 2.32. The van der Waals surface area contributed by atoms with Crippen LogP contribution in [0.25, 0.3) is 0 Å². The van der Waals surface area contributed by atoms with Crippen LogP contribution in [0.15, 0.2) is 29.1 Å². The summed E-state index contributed by atoms with van der Waals surface area (Å²) >= 11 is 7.53. The third-order valence-corrected chi connectivity index (χ3v) is 6.29. The van der Waals surface area contributed by atoms with E-state index in [9.17, 15) is 18.0 Å². The normalized spacial score (nSPS) is 16.2. The molecular weight excluding hydrogens is 386 g/mol. The summed E-state index contributed by atoms with van der Waals surface area (Å²) in [4.78, 5) is 28.3. The Morgan fingerprint density at radius 1 is 1.40 bits per heavy atom. The molecule has 1 fully saturated rings. The first-order valence-corrected chi connectivity index (χ1v) is 10.3. The number of hydrogen-bond acceptors (Lipinski definition) is 6. The Bertz CT molecular complexity index is 913. The average molecular weight is 400 g/mol. The van der Waals surface area contributed by atoms with Gasteiger partial charge in [-0.15, -0.1) is 11.3 Å². The molecule has 25 heavy (non-hydrogen) atoms. The molecule has 0 aliphatic carbocycles. The Morgan fingerprint density at radius 2 is 2.20 bits per heavy atom. The summed E-state index contributed by atoms with van der Waals surface area (Å²) in [6.07, 6.45) is 0.497. The van der Waals surface area contributed by atoms with E-state index in [1.165, 1.54) is 29.5 Å². The van der Waals surface area contributed by atoms with Gasteiger partial charge in [-0.05, 0) is 18.2 Å². The number of sulfonamides is 1. The standard InChI is InChI=1S/C15H14ClN3O4S2/c16-12-2-1-10(15(21)17-5-3-11-8-24-9-18-11)7-13(12)19-14(20)4-6-25(19,22)23/h1-2,7-9H,3-6H2,(H,17,21). The van der Waals surface area contributed by atoms with Crippen molar-refractivity contribution in [2.75, 3.05) is 16.6 Å². The minimum atomic E-state index is -3.74. The number of carbonyl (C=O) groups excluding carboxylic acids is 2. The number of aromatic nitrogens is 1. The van der Waals surface area contributed by atoms with Gasteiger partial charge in [-0.3, -0.25) is 9.59 Å². The van der Waals surface area contributed by atoms with Gasteiger partial charge >= 0.3 is 0 Å². The molecule has 1 aromatic carbocycles. The fourth-order valence-electron chi connectivity index (χ4n) is 2.43. The Hall–Kier alpha value is -1.97. The molecule has 0 unspecified atom stereocenters. The molecule has 0 radical (unpaired) electrons. The number of rotatable bonds is 5. The predicted molar refractivity (Wildman–Crippen MR) is 95.5 cm³/mol. The lowest BCUT2D eigenvalue weighted by molar-refractivity contribution is -0.116. The van der Waals surface area contributed by atoms with Gasteiger partial charge in [-0.2, -0.15) is 0 Å². The predicted octanol–water partition coefficient (Wildman–Crippen LogP) is 1.84. The fourth-order valence-corrected chi connectivity index (χ4v) is 4.74. The maximum absolute atomic E-state index is 12.3. The van der Waals surface area contributed by atoms with Gasteiger partial charge in [0.25, 0.3) is 5.91 Å². The number of amides is 2. The van der Waals surface area contributed by atoms with Crippen molar-refractivity contribution >= 4 is 50.5 Å². The lowest BCUT2D eigenvalue weighted by atomic mass is 10.1. The highest BCUT2D eigenvalue weighted by atomic mass is 35.5. The Balaban J connectivity index is 1.77. The Labute approximate surface area is 153 Å². The zero-order valence-electron chi connectivity index (χ0n) is 12.9. The molecule has 1 saturated heterocycles. The Kier molecular flexibility index (Phi) is 5.07. The second-order valence-electron chi connectivity index (χ2n) is 5.38. The summed E-state index contributed by atoms with van der Waals surface area (Å²) in [6, 6.07) is 4.21. The van der Waals surface area contributed by atoms with E-state index in [0.717, 1.165) is 5.69 Å². The zero-order chi connectivity index (χ0) is 18.0. The maximum Gasteiger partial charge on any atom is 0.251 e. The third kappa shape index (κ3) is 3.83. The third-order valence-electron chi connectivity index (χ3n) is 3.66. The lowest BCUT2D eigenvalue weighted by Gasteiger charge is -2.17. The van der Waals surface area contributed by atoms with Crippen LogP contribution in [0.1, 0.15) is 22.5 Å². The molecule has 10 heteroatoms. The molecule has 132 valence electrons. The summed E-state index contributed by atoms with van der Waals surface area (Å²) < 4.78 is 24.8. The van der Waals surface area contributed by atoms with Crippen LogP contribution < -0.4 is 9.62 Å². The quantitative estimate of drug-likeness (QED) is 0.827. The molecule has 0 atom stereocenters. The van der Waals surface area contributed by atoms with Crippen molar-refractivity contribution in [2.24, 2.45) is 0 Å². The number of nitrogens with one attached hydrogen (secondary N) is 1. The topological polar surface area (TPSA) is 96.4 Å². The van der Waals surface area contributed by atoms with E-state index in [-0.39, 0.29) is 34.4 Å². The molecule has 1 aromatic heterocycles. The van der Waals surface area contributed by atoms with Gasteiger partial charge in [-0.1, -0.05) is 11.6 Å². The number of nitrogens with zero attached hydrogens (tertiary/aromatic N) is 2. The van der Waals surface area contributed by atoms with Crippen molar-refractivity contribution in [1.82, 2.24) is 10.3 Å². The summed E-state index contributed by atoms with van der Waals surface area (Å²) in [5, 5.41) is 4.73. The molecule has 7 nitrogen and oxygen atoms in total. The summed E-state index contributed by atoms with van der Waals surface area (Å²) in [7, 11) is -3.74. The molecule has 3 rings (SSSR count). The fraction of sp³-hybridized carbons (Fsp3) is 0.267. The number of halogens is 1. The molecule has 2 heterocycles. The second kappa shape index (κ2) is 7.11. The molecule has 1 N–H and O–H groups in total. The first-order valence-electron chi connectivity index (χ1n) is 7.39. The highest BCUT2D eigenvalue weighted by molar-refractivity contribution is 7.94. The van der Waals surface area contributed by atoms with Gasteiger partial charge < -0.3 is 5.32 Å². The van der Waals surface area contributed by atoms with Crippen molar-refractivity contribution in [3.8, 4) is 0 Å². The van der Waals surface area contributed by atoms with Gasteiger partial charge in [0.05, 0.1) is 27.7 Å². The zero-order valence-corrected chi connectivity index (χ0v) is 15.3. The van der Waals surface area contributed by atoms with Crippen molar-refractivity contribution in [3.05, 3.63) is 45.4 Å². The SMILES string of the molecule is O=C(NCCc1cscn1)c1ccc(Cl)c(N2C(=O)CCS2(=O)=O)c1. The van der Waals surface area contributed by atoms with Crippen LogP contribution >= 0.6 is 22.9 Å². The first-order chi connectivity index (χ1) is 11.9. The molecule has 1 aliphatic heterocycles. The molecule has 0 saturated carbocycles. The average Bonchev–Trinajstić information content (AvgIpc) is 3.16.